The lowest BCUT2D eigenvalue weighted by atomic mass is 10.1. The minimum absolute atomic E-state index is 0.168. The Bertz CT molecular complexity index is 627. The molecule has 1 heterocycles. The molecule has 0 radical (unpaired) electrons. The number of carbonyl (C=O) groups is 2. The number of hydrogen-bond acceptors (Lipinski definition) is 3. The summed E-state index contributed by atoms with van der Waals surface area (Å²) in [4.78, 5) is 27.1. The van der Waals surface area contributed by atoms with E-state index in [-0.39, 0.29) is 23.1 Å². The summed E-state index contributed by atoms with van der Waals surface area (Å²) in [6, 6.07) is 2.55. The summed E-state index contributed by atoms with van der Waals surface area (Å²) >= 11 is 1.24. The molecule has 1 aromatic carbocycles. The van der Waals surface area contributed by atoms with Gasteiger partial charge in [0.05, 0.1) is 32.9 Å². The maximum atomic E-state index is 14.1. The molecule has 2 N–H and O–H groups in total. The Morgan fingerprint density at radius 3 is 2.79 bits per heavy atom. The second kappa shape index (κ2) is 7.94. The molecule has 0 unspecified atom stereocenters. The van der Waals surface area contributed by atoms with Crippen LogP contribution in [0.2, 0.25) is 0 Å². The van der Waals surface area contributed by atoms with E-state index in [1.165, 1.54) is 27.6 Å². The fourth-order valence-corrected chi connectivity index (χ4v) is 3.79. The summed E-state index contributed by atoms with van der Waals surface area (Å²) < 4.78 is 27.2. The van der Waals surface area contributed by atoms with Gasteiger partial charge < -0.3 is 15.1 Å². The van der Waals surface area contributed by atoms with Crippen LogP contribution in [0.15, 0.2) is 18.2 Å². The van der Waals surface area contributed by atoms with Gasteiger partial charge >= 0.3 is 0 Å². The Hall–Kier alpha value is -1.67. The Balaban J connectivity index is 2.13. The first-order chi connectivity index (χ1) is 11.3. The van der Waals surface area contributed by atoms with Crippen molar-refractivity contribution in [2.24, 2.45) is 0 Å². The molecule has 0 aliphatic carbocycles. The standard InChI is InChI=1S/C16H21F2N3O2S/c1-10(15(23)19-6-7-20(2)3)21-14(22)9-24-16(21)12-5-4-11(17)8-13(12)18/h4-5,8,10,16H,6-7,9H2,1-3H3,(H,19,23)/p+1/t10-,16-/m1/s1. The fourth-order valence-electron chi connectivity index (χ4n) is 2.51. The van der Waals surface area contributed by atoms with Gasteiger partial charge in [-0.3, -0.25) is 9.59 Å². The van der Waals surface area contributed by atoms with Crippen molar-refractivity contribution >= 4 is 23.6 Å². The number of rotatable bonds is 6. The molecular weight excluding hydrogens is 336 g/mol. The largest absolute Gasteiger partial charge is 0.349 e. The predicted molar refractivity (Wildman–Crippen MR) is 88.6 cm³/mol. The summed E-state index contributed by atoms with van der Waals surface area (Å²) in [5, 5.41) is 2.16. The van der Waals surface area contributed by atoms with E-state index < -0.39 is 23.1 Å². The van der Waals surface area contributed by atoms with Gasteiger partial charge in [-0.2, -0.15) is 0 Å². The molecule has 2 atom stereocenters. The SMILES string of the molecule is C[C@H](C(=O)NCC[NH+](C)C)N1C(=O)CS[C@@H]1c1ccc(F)cc1F. The topological polar surface area (TPSA) is 53.9 Å². The Kier molecular flexibility index (Phi) is 6.17. The Morgan fingerprint density at radius 2 is 2.17 bits per heavy atom. The third-order valence-corrected chi connectivity index (χ3v) is 5.07. The van der Waals surface area contributed by atoms with Crippen molar-refractivity contribution in [1.29, 1.82) is 0 Å². The van der Waals surface area contributed by atoms with Crippen LogP contribution in [0.1, 0.15) is 17.9 Å². The van der Waals surface area contributed by atoms with Crippen molar-refractivity contribution in [3.63, 3.8) is 0 Å². The number of benzene rings is 1. The zero-order valence-electron chi connectivity index (χ0n) is 13.9. The van der Waals surface area contributed by atoms with Crippen LogP contribution in [0, 0.1) is 11.6 Å². The van der Waals surface area contributed by atoms with Crippen molar-refractivity contribution in [1.82, 2.24) is 10.2 Å². The molecule has 0 bridgehead atoms. The first-order valence-corrected chi connectivity index (χ1v) is 8.80. The van der Waals surface area contributed by atoms with Gasteiger partial charge in [0.25, 0.3) is 0 Å². The number of hydrogen-bond donors (Lipinski definition) is 2. The monoisotopic (exact) mass is 358 g/mol. The van der Waals surface area contributed by atoms with Crippen LogP contribution >= 0.6 is 11.8 Å². The zero-order valence-corrected chi connectivity index (χ0v) is 14.8. The van der Waals surface area contributed by atoms with Gasteiger partial charge in [-0.1, -0.05) is 6.07 Å². The summed E-state index contributed by atoms with van der Waals surface area (Å²) in [6.45, 7) is 2.88. The van der Waals surface area contributed by atoms with Gasteiger partial charge in [0.15, 0.2) is 0 Å². The number of carbonyl (C=O) groups excluding carboxylic acids is 2. The summed E-state index contributed by atoms with van der Waals surface area (Å²) in [6.07, 6.45) is 0. The molecule has 132 valence electrons. The highest BCUT2D eigenvalue weighted by Crippen LogP contribution is 2.41. The van der Waals surface area contributed by atoms with Gasteiger partial charge in [0, 0.05) is 11.6 Å². The average Bonchev–Trinajstić information content (AvgIpc) is 2.87. The van der Waals surface area contributed by atoms with Crippen LogP contribution in [-0.4, -0.2) is 55.7 Å². The fraction of sp³-hybridized carbons (Fsp3) is 0.500. The van der Waals surface area contributed by atoms with E-state index in [1.54, 1.807) is 6.92 Å². The lowest BCUT2D eigenvalue weighted by Gasteiger charge is -2.29. The van der Waals surface area contributed by atoms with Crippen LogP contribution < -0.4 is 10.2 Å². The van der Waals surface area contributed by atoms with E-state index in [0.717, 1.165) is 18.7 Å². The quantitative estimate of drug-likeness (QED) is 0.763. The second-order valence-corrected chi connectivity index (χ2v) is 7.12. The molecule has 1 fully saturated rings. The van der Waals surface area contributed by atoms with Crippen molar-refractivity contribution in [3.05, 3.63) is 35.4 Å². The van der Waals surface area contributed by atoms with Gasteiger partial charge in [0.1, 0.15) is 23.1 Å². The van der Waals surface area contributed by atoms with Crippen molar-refractivity contribution < 1.29 is 23.3 Å². The number of amides is 2. The zero-order chi connectivity index (χ0) is 17.9. The predicted octanol–water partition coefficient (Wildman–Crippen LogP) is 0.188. The van der Waals surface area contributed by atoms with E-state index in [9.17, 15) is 18.4 Å². The molecule has 1 saturated heterocycles. The summed E-state index contributed by atoms with van der Waals surface area (Å²) in [7, 11) is 3.95. The summed E-state index contributed by atoms with van der Waals surface area (Å²) in [5.41, 5.74) is 0.213. The van der Waals surface area contributed by atoms with Gasteiger partial charge in [0.2, 0.25) is 11.8 Å². The minimum atomic E-state index is -0.723. The summed E-state index contributed by atoms with van der Waals surface area (Å²) in [5.74, 6) is -1.72. The van der Waals surface area contributed by atoms with Crippen LogP contribution in [0.4, 0.5) is 8.78 Å². The third kappa shape index (κ3) is 4.24. The first-order valence-electron chi connectivity index (χ1n) is 7.75. The number of thioether (sulfide) groups is 1. The molecule has 1 aromatic rings. The number of nitrogens with one attached hydrogen (secondary N) is 2. The highest BCUT2D eigenvalue weighted by Gasteiger charge is 2.39. The maximum Gasteiger partial charge on any atom is 0.242 e. The van der Waals surface area contributed by atoms with E-state index in [0.29, 0.717) is 6.54 Å². The normalized spacial score (nSPS) is 19.0. The second-order valence-electron chi connectivity index (χ2n) is 6.05. The molecule has 5 nitrogen and oxygen atoms in total. The van der Waals surface area contributed by atoms with E-state index in [4.69, 9.17) is 0 Å². The molecule has 0 aromatic heterocycles. The van der Waals surface area contributed by atoms with Gasteiger partial charge in [-0.05, 0) is 13.0 Å². The van der Waals surface area contributed by atoms with Crippen molar-refractivity contribution in [3.8, 4) is 0 Å². The molecule has 2 amide bonds. The third-order valence-electron chi connectivity index (χ3n) is 3.85. The van der Waals surface area contributed by atoms with Crippen LogP contribution in [-0.2, 0) is 9.59 Å². The average molecular weight is 358 g/mol. The lowest BCUT2D eigenvalue weighted by Crippen LogP contribution is -3.06. The Labute approximate surface area is 144 Å². The maximum absolute atomic E-state index is 14.1. The number of quaternary nitrogens is 1. The highest BCUT2D eigenvalue weighted by atomic mass is 32.2. The first kappa shape index (κ1) is 18.7. The molecule has 0 saturated carbocycles. The molecule has 1 aliphatic rings. The molecule has 2 rings (SSSR count). The number of likely N-dealkylation sites (N-methyl/N-ethyl adjacent to an activating group) is 1. The smallest absolute Gasteiger partial charge is 0.242 e. The number of halogens is 2. The van der Waals surface area contributed by atoms with Gasteiger partial charge in [-0.15, -0.1) is 11.8 Å². The van der Waals surface area contributed by atoms with E-state index in [1.807, 2.05) is 14.1 Å². The van der Waals surface area contributed by atoms with E-state index >= 15 is 0 Å². The van der Waals surface area contributed by atoms with Crippen LogP contribution in [0.25, 0.3) is 0 Å². The number of nitrogens with zero attached hydrogens (tertiary/aromatic N) is 1. The van der Waals surface area contributed by atoms with Crippen molar-refractivity contribution in [2.75, 3.05) is 32.9 Å². The molecule has 8 heteroatoms. The highest BCUT2D eigenvalue weighted by molar-refractivity contribution is 8.00. The molecule has 0 spiro atoms. The van der Waals surface area contributed by atoms with E-state index in [2.05, 4.69) is 5.32 Å². The molecular formula is C16H22F2N3O2S+. The Morgan fingerprint density at radius 1 is 1.46 bits per heavy atom. The van der Waals surface area contributed by atoms with Crippen molar-refractivity contribution in [2.45, 2.75) is 18.3 Å². The van der Waals surface area contributed by atoms with Crippen LogP contribution in [0.5, 0.6) is 0 Å². The minimum Gasteiger partial charge on any atom is -0.349 e. The van der Waals surface area contributed by atoms with Crippen LogP contribution in [0.3, 0.4) is 0 Å². The molecule has 1 aliphatic heterocycles. The lowest BCUT2D eigenvalue weighted by molar-refractivity contribution is -0.856. The molecule has 24 heavy (non-hydrogen) atoms. The van der Waals surface area contributed by atoms with Gasteiger partial charge in [-0.25, -0.2) is 8.78 Å².